The van der Waals surface area contributed by atoms with Crippen LogP contribution in [0.25, 0.3) is 6.08 Å². The maximum Gasteiger partial charge on any atom is 0.134 e. The van der Waals surface area contributed by atoms with Crippen molar-refractivity contribution in [3.8, 4) is 11.5 Å². The van der Waals surface area contributed by atoms with Gasteiger partial charge in [0.05, 0.1) is 12.2 Å². The van der Waals surface area contributed by atoms with Crippen LogP contribution in [0.5, 0.6) is 11.5 Å². The van der Waals surface area contributed by atoms with E-state index in [1.54, 1.807) is 20.3 Å². The van der Waals surface area contributed by atoms with Crippen molar-refractivity contribution in [1.29, 1.82) is 0 Å². The van der Waals surface area contributed by atoms with Gasteiger partial charge in [0.25, 0.3) is 0 Å². The van der Waals surface area contributed by atoms with Crippen LogP contribution in [-0.4, -0.2) is 24.9 Å². The number of methoxy groups -OCH3 is 2. The Morgan fingerprint density at radius 3 is 2.62 bits per heavy atom. The molecule has 1 heterocycles. The molecule has 26 heavy (non-hydrogen) atoms. The zero-order chi connectivity index (χ0) is 18.9. The number of phenolic OH excluding ortho intramolecular Hbond substituents is 1. The highest BCUT2D eigenvalue weighted by Gasteiger charge is 2.41. The van der Waals surface area contributed by atoms with Gasteiger partial charge in [0.2, 0.25) is 0 Å². The summed E-state index contributed by atoms with van der Waals surface area (Å²) in [7, 11) is 3.48. The van der Waals surface area contributed by atoms with Crippen molar-refractivity contribution >= 4 is 6.08 Å². The summed E-state index contributed by atoms with van der Waals surface area (Å²) >= 11 is 0. The predicted molar refractivity (Wildman–Crippen MR) is 104 cm³/mol. The monoisotopic (exact) mass is 360 g/mol. The smallest absolute Gasteiger partial charge is 0.134 e. The fourth-order valence-corrected chi connectivity index (χ4v) is 4.35. The number of hydrogen-bond donors (Lipinski definition) is 1. The van der Waals surface area contributed by atoms with Crippen molar-refractivity contribution in [2.45, 2.75) is 70.7 Å². The largest absolute Gasteiger partial charge is 0.508 e. The minimum absolute atomic E-state index is 0.0915. The summed E-state index contributed by atoms with van der Waals surface area (Å²) < 4.78 is 18.1. The first-order valence-corrected chi connectivity index (χ1v) is 9.75. The third-order valence-corrected chi connectivity index (χ3v) is 5.66. The summed E-state index contributed by atoms with van der Waals surface area (Å²) in [5.74, 6) is 1.44. The highest BCUT2D eigenvalue weighted by Crippen LogP contribution is 2.54. The van der Waals surface area contributed by atoms with E-state index in [1.165, 1.54) is 19.3 Å². The van der Waals surface area contributed by atoms with Gasteiger partial charge in [-0.3, -0.25) is 0 Å². The predicted octanol–water partition coefficient (Wildman–Crippen LogP) is 5.55. The van der Waals surface area contributed by atoms with E-state index >= 15 is 0 Å². The minimum Gasteiger partial charge on any atom is -0.508 e. The molecule has 0 saturated heterocycles. The lowest BCUT2D eigenvalue weighted by Gasteiger charge is -2.40. The normalized spacial score (nSPS) is 26.1. The standard InChI is InChI=1S/C22H32O4/c1-6-7-8-9-14-13-17(24-4)19-18(20(14)25-5)16(23)12-15-10-11-22(2,3)26-21(15)19/h10-12,14,17,20,23H,6-9,13H2,1-5H3/t14-,17+,20-/m0/s1. The van der Waals surface area contributed by atoms with E-state index in [2.05, 4.69) is 6.92 Å². The maximum atomic E-state index is 10.8. The summed E-state index contributed by atoms with van der Waals surface area (Å²) in [6.07, 6.45) is 9.38. The van der Waals surface area contributed by atoms with Gasteiger partial charge in [0, 0.05) is 30.9 Å². The molecule has 4 heteroatoms. The minimum atomic E-state index is -0.378. The van der Waals surface area contributed by atoms with E-state index in [-0.39, 0.29) is 23.6 Å². The van der Waals surface area contributed by atoms with Gasteiger partial charge < -0.3 is 19.3 Å². The maximum absolute atomic E-state index is 10.8. The van der Waals surface area contributed by atoms with Crippen molar-refractivity contribution in [2.75, 3.05) is 14.2 Å². The topological polar surface area (TPSA) is 47.9 Å². The van der Waals surface area contributed by atoms with E-state index < -0.39 is 0 Å². The Balaban J connectivity index is 2.08. The average Bonchev–Trinajstić information content (AvgIpc) is 2.61. The van der Waals surface area contributed by atoms with Gasteiger partial charge in [0.1, 0.15) is 17.1 Å². The van der Waals surface area contributed by atoms with Crippen LogP contribution >= 0.6 is 0 Å². The molecule has 0 spiro atoms. The number of unbranched alkanes of at least 4 members (excludes halogenated alkanes) is 2. The van der Waals surface area contributed by atoms with Crippen molar-refractivity contribution in [2.24, 2.45) is 5.92 Å². The number of hydrogen-bond acceptors (Lipinski definition) is 4. The third kappa shape index (κ3) is 3.49. The van der Waals surface area contributed by atoms with Crippen LogP contribution in [0.1, 0.15) is 81.8 Å². The Morgan fingerprint density at radius 1 is 1.19 bits per heavy atom. The van der Waals surface area contributed by atoms with Crippen LogP contribution in [0.2, 0.25) is 0 Å². The van der Waals surface area contributed by atoms with Crippen LogP contribution < -0.4 is 4.74 Å². The molecule has 0 aromatic heterocycles. The highest BCUT2D eigenvalue weighted by molar-refractivity contribution is 5.69. The molecule has 1 N–H and O–H groups in total. The van der Waals surface area contributed by atoms with Gasteiger partial charge in [-0.05, 0) is 44.7 Å². The van der Waals surface area contributed by atoms with E-state index in [0.717, 1.165) is 35.3 Å². The van der Waals surface area contributed by atoms with E-state index in [1.807, 2.05) is 26.0 Å². The summed E-state index contributed by atoms with van der Waals surface area (Å²) in [5, 5.41) is 10.8. The lowest BCUT2D eigenvalue weighted by Crippen LogP contribution is -2.32. The van der Waals surface area contributed by atoms with Gasteiger partial charge >= 0.3 is 0 Å². The molecule has 3 atom stereocenters. The Hall–Kier alpha value is -1.52. The molecule has 0 unspecified atom stereocenters. The second kappa shape index (κ2) is 7.61. The number of ether oxygens (including phenoxy) is 3. The van der Waals surface area contributed by atoms with Crippen LogP contribution in [0.4, 0.5) is 0 Å². The quantitative estimate of drug-likeness (QED) is 0.676. The number of aromatic hydroxyl groups is 1. The van der Waals surface area contributed by atoms with Crippen molar-refractivity contribution < 1.29 is 19.3 Å². The molecule has 0 saturated carbocycles. The zero-order valence-corrected chi connectivity index (χ0v) is 16.7. The number of rotatable bonds is 6. The molecule has 1 aromatic rings. The molecular formula is C22H32O4. The summed E-state index contributed by atoms with van der Waals surface area (Å²) in [5.41, 5.74) is 2.33. The number of benzene rings is 1. The number of fused-ring (bicyclic) bond motifs is 3. The summed E-state index contributed by atoms with van der Waals surface area (Å²) in [6.45, 7) is 6.29. The highest BCUT2D eigenvalue weighted by atomic mass is 16.5. The molecule has 1 aliphatic heterocycles. The second-order valence-electron chi connectivity index (χ2n) is 8.05. The lowest BCUT2D eigenvalue weighted by molar-refractivity contribution is -0.0157. The second-order valence-corrected chi connectivity index (χ2v) is 8.05. The van der Waals surface area contributed by atoms with Crippen molar-refractivity contribution in [1.82, 2.24) is 0 Å². The Bertz CT molecular complexity index is 677. The van der Waals surface area contributed by atoms with Gasteiger partial charge in [-0.2, -0.15) is 0 Å². The SMILES string of the molecule is CCCCC[C@H]1C[C@@H](OC)c2c3c(cc(O)c2[C@H]1OC)C=CC(C)(C)O3. The third-order valence-electron chi connectivity index (χ3n) is 5.66. The molecule has 0 radical (unpaired) electrons. The first-order valence-electron chi connectivity index (χ1n) is 9.75. The van der Waals surface area contributed by atoms with Crippen molar-refractivity contribution in [3.63, 3.8) is 0 Å². The van der Waals surface area contributed by atoms with Gasteiger partial charge in [-0.25, -0.2) is 0 Å². The van der Waals surface area contributed by atoms with Gasteiger partial charge in [-0.1, -0.05) is 32.3 Å². The average molecular weight is 360 g/mol. The van der Waals surface area contributed by atoms with E-state index in [0.29, 0.717) is 5.92 Å². The fourth-order valence-electron chi connectivity index (χ4n) is 4.35. The molecular weight excluding hydrogens is 328 g/mol. The van der Waals surface area contributed by atoms with Gasteiger partial charge in [-0.15, -0.1) is 0 Å². The Labute approximate surface area is 157 Å². The molecule has 4 nitrogen and oxygen atoms in total. The van der Waals surface area contributed by atoms with Gasteiger partial charge in [0.15, 0.2) is 0 Å². The Morgan fingerprint density at radius 2 is 1.96 bits per heavy atom. The fraction of sp³-hybridized carbons (Fsp3) is 0.636. The molecule has 1 aromatic carbocycles. The molecule has 0 fully saturated rings. The first-order chi connectivity index (χ1) is 12.4. The summed E-state index contributed by atoms with van der Waals surface area (Å²) in [6, 6.07) is 1.80. The molecule has 3 rings (SSSR count). The van der Waals surface area contributed by atoms with E-state index in [9.17, 15) is 5.11 Å². The van der Waals surface area contributed by atoms with Crippen LogP contribution in [0.3, 0.4) is 0 Å². The molecule has 1 aliphatic carbocycles. The molecule has 0 amide bonds. The molecule has 0 bridgehead atoms. The summed E-state index contributed by atoms with van der Waals surface area (Å²) in [4.78, 5) is 0. The van der Waals surface area contributed by atoms with E-state index in [4.69, 9.17) is 14.2 Å². The first kappa shape index (κ1) is 19.2. The lowest BCUT2D eigenvalue weighted by atomic mass is 9.75. The van der Waals surface area contributed by atoms with Crippen LogP contribution in [0.15, 0.2) is 12.1 Å². The van der Waals surface area contributed by atoms with Crippen LogP contribution in [0, 0.1) is 5.92 Å². The zero-order valence-electron chi connectivity index (χ0n) is 16.7. The molecule has 144 valence electrons. The molecule has 2 aliphatic rings. The van der Waals surface area contributed by atoms with Crippen LogP contribution in [-0.2, 0) is 9.47 Å². The Kier molecular flexibility index (Phi) is 5.64. The van der Waals surface area contributed by atoms with Crippen molar-refractivity contribution in [3.05, 3.63) is 28.8 Å². The number of phenols is 1.